The Morgan fingerprint density at radius 2 is 2.14 bits per heavy atom. The van der Waals surface area contributed by atoms with E-state index in [1.165, 1.54) is 0 Å². The number of hydrogen-bond donors (Lipinski definition) is 0. The van der Waals surface area contributed by atoms with E-state index in [1.54, 1.807) is 12.4 Å². The highest BCUT2D eigenvalue weighted by molar-refractivity contribution is 5.78. The van der Waals surface area contributed by atoms with E-state index in [1.807, 2.05) is 29.4 Å². The predicted octanol–water partition coefficient (Wildman–Crippen LogP) is 2.25. The van der Waals surface area contributed by atoms with Gasteiger partial charge in [-0.1, -0.05) is 0 Å². The van der Waals surface area contributed by atoms with Crippen molar-refractivity contribution in [3.05, 3.63) is 48.3 Å². The number of piperidine rings is 1. The van der Waals surface area contributed by atoms with Gasteiger partial charge in [0.05, 0.1) is 6.42 Å². The molecule has 1 fully saturated rings. The van der Waals surface area contributed by atoms with Crippen LogP contribution in [0.3, 0.4) is 0 Å². The lowest BCUT2D eigenvalue weighted by molar-refractivity contribution is -0.131. The molecule has 116 valence electrons. The second-order valence-corrected chi connectivity index (χ2v) is 5.78. The van der Waals surface area contributed by atoms with Gasteiger partial charge in [-0.3, -0.25) is 9.78 Å². The number of amides is 1. The lowest BCUT2D eigenvalue weighted by atomic mass is 9.96. The summed E-state index contributed by atoms with van der Waals surface area (Å²) in [5, 5.41) is 0. The molecule has 1 saturated heterocycles. The summed E-state index contributed by atoms with van der Waals surface area (Å²) in [6, 6.07) is 3.81. The maximum Gasteiger partial charge on any atom is 0.227 e. The number of pyridine rings is 1. The summed E-state index contributed by atoms with van der Waals surface area (Å²) in [6.07, 6.45) is 9.96. The first-order valence-electron chi connectivity index (χ1n) is 7.95. The number of likely N-dealkylation sites (tertiary alicyclic amines) is 1. The van der Waals surface area contributed by atoms with Crippen LogP contribution in [0, 0.1) is 0 Å². The van der Waals surface area contributed by atoms with E-state index >= 15 is 0 Å². The van der Waals surface area contributed by atoms with Crippen molar-refractivity contribution in [2.24, 2.45) is 0 Å². The zero-order valence-corrected chi connectivity index (χ0v) is 13.0. The molecule has 3 rings (SSSR count). The third kappa shape index (κ3) is 3.18. The maximum atomic E-state index is 12.5. The van der Waals surface area contributed by atoms with Gasteiger partial charge >= 0.3 is 0 Å². The van der Waals surface area contributed by atoms with E-state index in [2.05, 4.69) is 21.5 Å². The van der Waals surface area contributed by atoms with Crippen LogP contribution >= 0.6 is 0 Å². The number of aromatic nitrogens is 3. The van der Waals surface area contributed by atoms with E-state index in [0.717, 1.165) is 43.9 Å². The van der Waals surface area contributed by atoms with Crippen LogP contribution in [0.25, 0.3) is 0 Å². The molecule has 0 aliphatic carbocycles. The van der Waals surface area contributed by atoms with Crippen LogP contribution in [0.2, 0.25) is 0 Å². The average Bonchev–Trinajstić information content (AvgIpc) is 3.04. The monoisotopic (exact) mass is 298 g/mol. The number of carbonyl (C=O) groups is 1. The lowest BCUT2D eigenvalue weighted by Gasteiger charge is -2.32. The molecule has 5 nitrogen and oxygen atoms in total. The molecule has 1 atom stereocenters. The standard InChI is InChI=1S/C17H22N4O/c1-2-20-11-9-19-17(20)15-4-3-10-21(13-15)16(22)12-14-5-7-18-8-6-14/h5-9,11,15H,2-4,10,12-13H2,1H3. The molecule has 0 spiro atoms. The van der Waals surface area contributed by atoms with Gasteiger partial charge in [0, 0.05) is 50.3 Å². The van der Waals surface area contributed by atoms with Crippen molar-refractivity contribution in [2.75, 3.05) is 13.1 Å². The minimum atomic E-state index is 0.200. The van der Waals surface area contributed by atoms with Crippen LogP contribution in [-0.2, 0) is 17.8 Å². The van der Waals surface area contributed by atoms with Crippen molar-refractivity contribution in [1.29, 1.82) is 0 Å². The Balaban J connectivity index is 1.66. The minimum absolute atomic E-state index is 0.200. The molecule has 3 heterocycles. The van der Waals surface area contributed by atoms with Crippen LogP contribution in [0.15, 0.2) is 36.9 Å². The minimum Gasteiger partial charge on any atom is -0.342 e. The number of carbonyl (C=O) groups excluding carboxylic acids is 1. The molecule has 1 aliphatic rings. The normalized spacial score (nSPS) is 18.4. The van der Waals surface area contributed by atoms with Gasteiger partial charge in [0.2, 0.25) is 5.91 Å². The van der Waals surface area contributed by atoms with Gasteiger partial charge in [-0.2, -0.15) is 0 Å². The average molecular weight is 298 g/mol. The Morgan fingerprint density at radius 3 is 2.91 bits per heavy atom. The van der Waals surface area contributed by atoms with E-state index < -0.39 is 0 Å². The molecule has 0 radical (unpaired) electrons. The summed E-state index contributed by atoms with van der Waals surface area (Å²) in [5.41, 5.74) is 1.03. The van der Waals surface area contributed by atoms with Crippen molar-refractivity contribution in [3.8, 4) is 0 Å². The van der Waals surface area contributed by atoms with E-state index in [4.69, 9.17) is 0 Å². The first-order chi connectivity index (χ1) is 10.8. The second-order valence-electron chi connectivity index (χ2n) is 5.78. The predicted molar refractivity (Wildman–Crippen MR) is 84.4 cm³/mol. The highest BCUT2D eigenvalue weighted by Gasteiger charge is 2.27. The van der Waals surface area contributed by atoms with Crippen LogP contribution in [0.4, 0.5) is 0 Å². The maximum absolute atomic E-state index is 12.5. The number of nitrogens with zero attached hydrogens (tertiary/aromatic N) is 4. The third-order valence-electron chi connectivity index (χ3n) is 4.33. The molecule has 1 aliphatic heterocycles. The summed E-state index contributed by atoms with van der Waals surface area (Å²) < 4.78 is 2.18. The summed E-state index contributed by atoms with van der Waals surface area (Å²) in [4.78, 5) is 23.0. The quantitative estimate of drug-likeness (QED) is 0.870. The summed E-state index contributed by atoms with van der Waals surface area (Å²) in [7, 11) is 0. The molecule has 0 bridgehead atoms. The Labute approximate surface area is 131 Å². The first-order valence-corrected chi connectivity index (χ1v) is 7.95. The fourth-order valence-electron chi connectivity index (χ4n) is 3.15. The van der Waals surface area contributed by atoms with E-state index in [-0.39, 0.29) is 5.91 Å². The Hall–Kier alpha value is -2.17. The molecule has 0 saturated carbocycles. The summed E-state index contributed by atoms with van der Waals surface area (Å²) in [5.74, 6) is 1.67. The van der Waals surface area contributed by atoms with Gasteiger partial charge in [0.1, 0.15) is 5.82 Å². The number of imidazole rings is 1. The molecule has 2 aromatic heterocycles. The fraction of sp³-hybridized carbons (Fsp3) is 0.471. The molecule has 22 heavy (non-hydrogen) atoms. The van der Waals surface area contributed by atoms with E-state index in [9.17, 15) is 4.79 Å². The first kappa shape index (κ1) is 14.8. The topological polar surface area (TPSA) is 51.0 Å². The van der Waals surface area contributed by atoms with Crippen molar-refractivity contribution in [3.63, 3.8) is 0 Å². The molecular weight excluding hydrogens is 276 g/mol. The lowest BCUT2D eigenvalue weighted by Crippen LogP contribution is -2.40. The Morgan fingerprint density at radius 1 is 1.32 bits per heavy atom. The Bertz CT molecular complexity index is 623. The van der Waals surface area contributed by atoms with Crippen molar-refractivity contribution >= 4 is 5.91 Å². The van der Waals surface area contributed by atoms with Gasteiger partial charge in [0.15, 0.2) is 0 Å². The molecule has 2 aromatic rings. The Kier molecular flexibility index (Phi) is 4.51. The molecular formula is C17H22N4O. The summed E-state index contributed by atoms with van der Waals surface area (Å²) >= 11 is 0. The fourth-order valence-corrected chi connectivity index (χ4v) is 3.15. The second kappa shape index (κ2) is 6.73. The number of rotatable bonds is 4. The summed E-state index contributed by atoms with van der Waals surface area (Å²) in [6.45, 7) is 4.69. The molecule has 1 amide bonds. The third-order valence-corrected chi connectivity index (χ3v) is 4.33. The van der Waals surface area contributed by atoms with Crippen molar-refractivity contribution in [2.45, 2.75) is 38.6 Å². The zero-order chi connectivity index (χ0) is 15.4. The molecule has 5 heteroatoms. The van der Waals surface area contributed by atoms with Crippen LogP contribution in [0.5, 0.6) is 0 Å². The van der Waals surface area contributed by atoms with Crippen molar-refractivity contribution in [1.82, 2.24) is 19.4 Å². The van der Waals surface area contributed by atoms with Gasteiger partial charge in [0.25, 0.3) is 0 Å². The molecule has 0 N–H and O–H groups in total. The number of hydrogen-bond acceptors (Lipinski definition) is 3. The van der Waals surface area contributed by atoms with Crippen molar-refractivity contribution < 1.29 is 4.79 Å². The van der Waals surface area contributed by atoms with Gasteiger partial charge in [-0.25, -0.2) is 4.98 Å². The van der Waals surface area contributed by atoms with Gasteiger partial charge in [-0.15, -0.1) is 0 Å². The zero-order valence-electron chi connectivity index (χ0n) is 13.0. The SMILES string of the molecule is CCn1ccnc1C1CCCN(C(=O)Cc2ccncc2)C1. The van der Waals surface area contributed by atoms with Crippen LogP contribution in [0.1, 0.15) is 37.1 Å². The molecule has 1 unspecified atom stereocenters. The number of aryl methyl sites for hydroxylation is 1. The van der Waals surface area contributed by atoms with Crippen LogP contribution in [-0.4, -0.2) is 38.4 Å². The largest absolute Gasteiger partial charge is 0.342 e. The molecule has 0 aromatic carbocycles. The smallest absolute Gasteiger partial charge is 0.227 e. The van der Waals surface area contributed by atoms with Gasteiger partial charge < -0.3 is 9.47 Å². The van der Waals surface area contributed by atoms with Crippen LogP contribution < -0.4 is 0 Å². The highest BCUT2D eigenvalue weighted by Crippen LogP contribution is 2.26. The van der Waals surface area contributed by atoms with Gasteiger partial charge in [-0.05, 0) is 37.5 Å². The van der Waals surface area contributed by atoms with E-state index in [0.29, 0.717) is 12.3 Å². The highest BCUT2D eigenvalue weighted by atomic mass is 16.2.